The maximum absolute atomic E-state index is 13.6. The summed E-state index contributed by atoms with van der Waals surface area (Å²) in [4.78, 5) is 33.5. The molecule has 2 aliphatic rings. The van der Waals surface area contributed by atoms with Crippen LogP contribution in [0.1, 0.15) is 23.2 Å². The summed E-state index contributed by atoms with van der Waals surface area (Å²) in [5, 5.41) is 0.931. The predicted molar refractivity (Wildman–Crippen MR) is 108 cm³/mol. The molecule has 146 valence electrons. The van der Waals surface area contributed by atoms with Gasteiger partial charge < -0.3 is 9.80 Å². The van der Waals surface area contributed by atoms with E-state index in [1.54, 1.807) is 23.2 Å². The summed E-state index contributed by atoms with van der Waals surface area (Å²) in [6, 6.07) is 15.7. The van der Waals surface area contributed by atoms with Gasteiger partial charge in [-0.25, -0.2) is 4.39 Å². The van der Waals surface area contributed by atoms with Crippen LogP contribution in [0.2, 0.25) is 0 Å². The molecule has 2 aromatic carbocycles. The second-order valence-corrected chi connectivity index (χ2v) is 8.03. The molecule has 1 atom stereocenters. The second-order valence-electron chi connectivity index (χ2n) is 8.03. The normalized spacial score (nSPS) is 21.5. The number of carbonyl (C=O) groups excluding carboxylic acids is 2. The summed E-state index contributed by atoms with van der Waals surface area (Å²) in [5.74, 6) is -0.433. The minimum absolute atomic E-state index is 0.0164. The van der Waals surface area contributed by atoms with Crippen LogP contribution in [0.25, 0.3) is 10.9 Å². The Labute approximate surface area is 167 Å². The molecule has 1 spiro atoms. The van der Waals surface area contributed by atoms with Gasteiger partial charge in [-0.2, -0.15) is 0 Å². The summed E-state index contributed by atoms with van der Waals surface area (Å²) >= 11 is 0. The van der Waals surface area contributed by atoms with Crippen LogP contribution in [0.5, 0.6) is 0 Å². The molecule has 1 aromatic heterocycles. The number of para-hydroxylation sites is 1. The third-order valence-electron chi connectivity index (χ3n) is 6.00. The SMILES string of the molecule is O=C(c1cnc2ccccc2c1)N1CC[C@@]2(CC(=O)N(c3cccc(F)c3)C2)C1. The van der Waals surface area contributed by atoms with Gasteiger partial charge in [-0.15, -0.1) is 0 Å². The molecule has 29 heavy (non-hydrogen) atoms. The number of nitrogens with zero attached hydrogens (tertiary/aromatic N) is 3. The largest absolute Gasteiger partial charge is 0.338 e. The molecule has 0 radical (unpaired) electrons. The predicted octanol–water partition coefficient (Wildman–Crippen LogP) is 3.64. The Morgan fingerprint density at radius 3 is 2.79 bits per heavy atom. The summed E-state index contributed by atoms with van der Waals surface area (Å²) in [6.45, 7) is 1.64. The molecular weight excluding hydrogens is 369 g/mol. The van der Waals surface area contributed by atoms with Crippen molar-refractivity contribution in [3.63, 3.8) is 0 Å². The van der Waals surface area contributed by atoms with E-state index < -0.39 is 0 Å². The lowest BCUT2D eigenvalue weighted by Crippen LogP contribution is -2.34. The maximum atomic E-state index is 13.6. The highest BCUT2D eigenvalue weighted by Gasteiger charge is 2.48. The third-order valence-corrected chi connectivity index (χ3v) is 6.00. The summed E-state index contributed by atoms with van der Waals surface area (Å²) < 4.78 is 13.6. The van der Waals surface area contributed by atoms with Crippen LogP contribution in [-0.2, 0) is 4.79 Å². The molecule has 0 N–H and O–H groups in total. The van der Waals surface area contributed by atoms with E-state index in [4.69, 9.17) is 0 Å². The molecule has 5 nitrogen and oxygen atoms in total. The first-order valence-corrected chi connectivity index (χ1v) is 9.73. The number of benzene rings is 2. The monoisotopic (exact) mass is 389 g/mol. The van der Waals surface area contributed by atoms with Gasteiger partial charge in [-0.3, -0.25) is 14.6 Å². The van der Waals surface area contributed by atoms with Gasteiger partial charge in [0, 0.05) is 48.7 Å². The van der Waals surface area contributed by atoms with Gasteiger partial charge in [0.05, 0.1) is 11.1 Å². The lowest BCUT2D eigenvalue weighted by molar-refractivity contribution is -0.117. The van der Waals surface area contributed by atoms with E-state index in [1.165, 1.54) is 12.1 Å². The van der Waals surface area contributed by atoms with Crippen molar-refractivity contribution in [2.75, 3.05) is 24.5 Å². The zero-order valence-corrected chi connectivity index (χ0v) is 15.8. The standard InChI is InChI=1S/C23H20FN3O2/c24-18-5-3-6-19(11-18)27-15-23(12-21(27)28)8-9-26(14-23)22(29)17-10-16-4-1-2-7-20(16)25-13-17/h1-7,10-11,13H,8-9,12,14-15H2/t23-/m1/s1. The van der Waals surface area contributed by atoms with E-state index in [9.17, 15) is 14.0 Å². The van der Waals surface area contributed by atoms with Gasteiger partial charge in [0.15, 0.2) is 0 Å². The van der Waals surface area contributed by atoms with Crippen molar-refractivity contribution in [2.45, 2.75) is 12.8 Å². The molecule has 0 bridgehead atoms. The highest BCUT2D eigenvalue weighted by Crippen LogP contribution is 2.42. The average Bonchev–Trinajstić information content (AvgIpc) is 3.29. The lowest BCUT2D eigenvalue weighted by atomic mass is 9.86. The van der Waals surface area contributed by atoms with Gasteiger partial charge in [0.1, 0.15) is 5.82 Å². The molecule has 5 rings (SSSR count). The minimum Gasteiger partial charge on any atom is -0.338 e. The minimum atomic E-state index is -0.358. The molecule has 2 aliphatic heterocycles. The highest BCUT2D eigenvalue weighted by atomic mass is 19.1. The number of aromatic nitrogens is 1. The van der Waals surface area contributed by atoms with Crippen molar-refractivity contribution in [3.8, 4) is 0 Å². The van der Waals surface area contributed by atoms with Crippen molar-refractivity contribution in [1.29, 1.82) is 0 Å². The van der Waals surface area contributed by atoms with E-state index >= 15 is 0 Å². The highest BCUT2D eigenvalue weighted by molar-refractivity contribution is 5.99. The number of anilines is 1. The summed E-state index contributed by atoms with van der Waals surface area (Å²) in [6.07, 6.45) is 2.76. The maximum Gasteiger partial charge on any atom is 0.255 e. The molecule has 3 aromatic rings. The van der Waals surface area contributed by atoms with Crippen LogP contribution in [-0.4, -0.2) is 41.3 Å². The van der Waals surface area contributed by atoms with E-state index in [2.05, 4.69) is 4.98 Å². The van der Waals surface area contributed by atoms with E-state index in [1.807, 2.05) is 35.2 Å². The molecule has 2 fully saturated rings. The Bertz CT molecular complexity index is 1130. The third kappa shape index (κ3) is 3.14. The Kier molecular flexibility index (Phi) is 4.08. The molecule has 0 saturated carbocycles. The Balaban J connectivity index is 1.35. The first-order valence-electron chi connectivity index (χ1n) is 9.73. The number of fused-ring (bicyclic) bond motifs is 1. The zero-order valence-electron chi connectivity index (χ0n) is 15.8. The Morgan fingerprint density at radius 2 is 1.93 bits per heavy atom. The number of carbonyl (C=O) groups is 2. The number of halogens is 1. The summed E-state index contributed by atoms with van der Waals surface area (Å²) in [7, 11) is 0. The number of rotatable bonds is 2. The first kappa shape index (κ1) is 17.8. The van der Waals surface area contributed by atoms with Crippen LogP contribution in [0.15, 0.2) is 60.8 Å². The first-order chi connectivity index (χ1) is 14.0. The number of pyridine rings is 1. The molecular formula is C23H20FN3O2. The van der Waals surface area contributed by atoms with Crippen molar-refractivity contribution in [3.05, 3.63) is 72.2 Å². The van der Waals surface area contributed by atoms with E-state index in [0.29, 0.717) is 37.3 Å². The number of likely N-dealkylation sites (tertiary alicyclic amines) is 1. The Morgan fingerprint density at radius 1 is 1.07 bits per heavy atom. The van der Waals surface area contributed by atoms with Gasteiger partial charge in [0.2, 0.25) is 5.91 Å². The van der Waals surface area contributed by atoms with Crippen molar-refractivity contribution in [2.24, 2.45) is 5.41 Å². The van der Waals surface area contributed by atoms with Crippen LogP contribution in [0.4, 0.5) is 10.1 Å². The van der Waals surface area contributed by atoms with Crippen molar-refractivity contribution >= 4 is 28.4 Å². The zero-order chi connectivity index (χ0) is 20.0. The topological polar surface area (TPSA) is 53.5 Å². The molecule has 3 heterocycles. The average molecular weight is 389 g/mol. The number of hydrogen-bond acceptors (Lipinski definition) is 3. The van der Waals surface area contributed by atoms with Crippen LogP contribution in [0.3, 0.4) is 0 Å². The second kappa shape index (κ2) is 6.65. The number of amides is 2. The molecule has 2 amide bonds. The quantitative estimate of drug-likeness (QED) is 0.672. The fourth-order valence-corrected chi connectivity index (χ4v) is 4.53. The van der Waals surface area contributed by atoms with Gasteiger partial charge in [-0.1, -0.05) is 24.3 Å². The number of hydrogen-bond donors (Lipinski definition) is 0. The van der Waals surface area contributed by atoms with Crippen LogP contribution in [0, 0.1) is 11.2 Å². The van der Waals surface area contributed by atoms with Crippen molar-refractivity contribution in [1.82, 2.24) is 9.88 Å². The van der Waals surface area contributed by atoms with E-state index in [-0.39, 0.29) is 23.0 Å². The molecule has 0 aliphatic carbocycles. The summed E-state index contributed by atoms with van der Waals surface area (Å²) in [5.41, 5.74) is 1.72. The van der Waals surface area contributed by atoms with Crippen LogP contribution < -0.4 is 4.90 Å². The van der Waals surface area contributed by atoms with Gasteiger partial charge >= 0.3 is 0 Å². The lowest BCUT2D eigenvalue weighted by Gasteiger charge is -2.24. The fraction of sp³-hybridized carbons (Fsp3) is 0.261. The van der Waals surface area contributed by atoms with Crippen LogP contribution >= 0.6 is 0 Å². The van der Waals surface area contributed by atoms with Gasteiger partial charge in [0.25, 0.3) is 5.91 Å². The van der Waals surface area contributed by atoms with Gasteiger partial charge in [-0.05, 0) is 36.8 Å². The molecule has 6 heteroatoms. The molecule has 0 unspecified atom stereocenters. The van der Waals surface area contributed by atoms with Crippen molar-refractivity contribution < 1.29 is 14.0 Å². The molecule has 2 saturated heterocycles. The Hall–Kier alpha value is -3.28. The van der Waals surface area contributed by atoms with E-state index in [0.717, 1.165) is 17.3 Å². The smallest absolute Gasteiger partial charge is 0.255 e. The fourth-order valence-electron chi connectivity index (χ4n) is 4.53.